The Morgan fingerprint density at radius 3 is 2.73 bits per heavy atom. The molecule has 8 nitrogen and oxygen atoms in total. The van der Waals surface area contributed by atoms with Crippen LogP contribution >= 0.6 is 15.9 Å². The van der Waals surface area contributed by atoms with E-state index in [1.165, 1.54) is 12.1 Å². The molecule has 0 fully saturated rings. The van der Waals surface area contributed by atoms with Gasteiger partial charge in [-0.15, -0.1) is 0 Å². The Balaban J connectivity index is 2.27. The molecule has 26 heavy (non-hydrogen) atoms. The van der Waals surface area contributed by atoms with Gasteiger partial charge in [0, 0.05) is 10.9 Å². The molecule has 2 heterocycles. The number of fused-ring (bicyclic) bond motifs is 1. The van der Waals surface area contributed by atoms with Gasteiger partial charge in [-0.3, -0.25) is 5.32 Å². The SMILES string of the molecule is N#CNC1=NC(c2cc(F)cc(CBr)c2)c2c(nc(N)c(C#N)c2N)N1. The molecule has 6 N–H and O–H groups in total. The Kier molecular flexibility index (Phi) is 4.61. The molecule has 1 aromatic heterocycles. The van der Waals surface area contributed by atoms with Gasteiger partial charge < -0.3 is 16.8 Å². The smallest absolute Gasteiger partial charge is 0.211 e. The molecule has 0 bridgehead atoms. The zero-order valence-corrected chi connectivity index (χ0v) is 14.8. The quantitative estimate of drug-likeness (QED) is 0.333. The maximum atomic E-state index is 14.0. The van der Waals surface area contributed by atoms with Crippen molar-refractivity contribution in [2.45, 2.75) is 11.4 Å². The third kappa shape index (κ3) is 2.98. The highest BCUT2D eigenvalue weighted by Crippen LogP contribution is 2.40. The summed E-state index contributed by atoms with van der Waals surface area (Å²) in [5.74, 6) is -0.120. The monoisotopic (exact) mass is 414 g/mol. The van der Waals surface area contributed by atoms with E-state index in [4.69, 9.17) is 16.7 Å². The van der Waals surface area contributed by atoms with E-state index in [0.29, 0.717) is 22.0 Å². The molecule has 0 spiro atoms. The number of nitrogens with one attached hydrogen (secondary N) is 2. The molecule has 2 aromatic rings. The predicted molar refractivity (Wildman–Crippen MR) is 98.5 cm³/mol. The Labute approximate surface area is 156 Å². The highest BCUT2D eigenvalue weighted by atomic mass is 79.9. The fourth-order valence-electron chi connectivity index (χ4n) is 2.73. The molecule has 130 valence electrons. The largest absolute Gasteiger partial charge is 0.397 e. The maximum Gasteiger partial charge on any atom is 0.211 e. The summed E-state index contributed by atoms with van der Waals surface area (Å²) in [5, 5.41) is 23.8. The number of aliphatic imine (C=N–C) groups is 1. The van der Waals surface area contributed by atoms with E-state index in [2.05, 4.69) is 36.5 Å². The van der Waals surface area contributed by atoms with Crippen LogP contribution < -0.4 is 22.1 Å². The molecular weight excluding hydrogens is 403 g/mol. The predicted octanol–water partition coefficient (Wildman–Crippen LogP) is 2.09. The number of pyridine rings is 1. The second kappa shape index (κ2) is 6.86. The van der Waals surface area contributed by atoms with Crippen molar-refractivity contribution in [1.29, 1.82) is 10.5 Å². The van der Waals surface area contributed by atoms with Crippen molar-refractivity contribution < 1.29 is 4.39 Å². The number of rotatable bonds is 2. The number of nitrogens with two attached hydrogens (primary N) is 2. The summed E-state index contributed by atoms with van der Waals surface area (Å²) >= 11 is 3.30. The lowest BCUT2D eigenvalue weighted by Gasteiger charge is -2.26. The van der Waals surface area contributed by atoms with Gasteiger partial charge in [-0.1, -0.05) is 22.0 Å². The first kappa shape index (κ1) is 17.5. The summed E-state index contributed by atoms with van der Waals surface area (Å²) in [6, 6.07) is 5.62. The van der Waals surface area contributed by atoms with Crippen LogP contribution in [0.15, 0.2) is 23.2 Å². The number of hydrogen-bond donors (Lipinski definition) is 4. The number of guanidine groups is 1. The van der Waals surface area contributed by atoms with Crippen LogP contribution in [0, 0.1) is 28.6 Å². The Morgan fingerprint density at radius 1 is 1.31 bits per heavy atom. The van der Waals surface area contributed by atoms with Crippen molar-refractivity contribution in [3.8, 4) is 12.3 Å². The van der Waals surface area contributed by atoms with Crippen molar-refractivity contribution >= 4 is 39.2 Å². The van der Waals surface area contributed by atoms with E-state index >= 15 is 0 Å². The lowest BCUT2D eigenvalue weighted by molar-refractivity contribution is 0.622. The first-order chi connectivity index (χ1) is 12.5. The van der Waals surface area contributed by atoms with E-state index in [0.717, 1.165) is 0 Å². The number of hydrogen-bond acceptors (Lipinski definition) is 8. The summed E-state index contributed by atoms with van der Waals surface area (Å²) in [6.45, 7) is 0. The molecule has 1 unspecified atom stereocenters. The fraction of sp³-hybridized carbons (Fsp3) is 0.125. The fourth-order valence-corrected chi connectivity index (χ4v) is 3.06. The minimum Gasteiger partial charge on any atom is -0.397 e. The third-order valence-electron chi connectivity index (χ3n) is 3.81. The zero-order valence-electron chi connectivity index (χ0n) is 13.2. The summed E-state index contributed by atoms with van der Waals surface area (Å²) < 4.78 is 14.0. The van der Waals surface area contributed by atoms with E-state index in [-0.39, 0.29) is 28.8 Å². The number of benzene rings is 1. The number of halogens is 2. The van der Waals surface area contributed by atoms with E-state index in [1.54, 1.807) is 12.3 Å². The molecule has 1 aliphatic rings. The highest BCUT2D eigenvalue weighted by molar-refractivity contribution is 9.08. The maximum absolute atomic E-state index is 14.0. The Morgan fingerprint density at radius 2 is 2.08 bits per heavy atom. The first-order valence-corrected chi connectivity index (χ1v) is 8.44. The second-order valence-electron chi connectivity index (χ2n) is 5.43. The van der Waals surface area contributed by atoms with Gasteiger partial charge in [0.15, 0.2) is 6.19 Å². The van der Waals surface area contributed by atoms with Crippen molar-refractivity contribution in [2.75, 3.05) is 16.8 Å². The highest BCUT2D eigenvalue weighted by Gasteiger charge is 2.30. The Hall–Kier alpha value is -3.37. The average molecular weight is 415 g/mol. The minimum atomic E-state index is -0.768. The molecule has 0 amide bonds. The molecule has 0 aliphatic carbocycles. The van der Waals surface area contributed by atoms with Crippen LogP contribution in [0.1, 0.15) is 28.3 Å². The van der Waals surface area contributed by atoms with Crippen LogP contribution in [0.4, 0.5) is 21.7 Å². The van der Waals surface area contributed by atoms with Crippen LogP contribution in [0.5, 0.6) is 0 Å². The third-order valence-corrected chi connectivity index (χ3v) is 4.45. The van der Waals surface area contributed by atoms with Crippen LogP contribution in [-0.2, 0) is 5.33 Å². The second-order valence-corrected chi connectivity index (χ2v) is 5.99. The summed E-state index contributed by atoms with van der Waals surface area (Å²) in [6.07, 6.45) is 1.76. The number of nitrogen functional groups attached to an aromatic ring is 2. The topological polar surface area (TPSA) is 149 Å². The number of anilines is 3. The number of aromatic nitrogens is 1. The van der Waals surface area contributed by atoms with Gasteiger partial charge in [0.25, 0.3) is 0 Å². The molecule has 10 heteroatoms. The van der Waals surface area contributed by atoms with Crippen LogP contribution in [0.3, 0.4) is 0 Å². The molecule has 0 radical (unpaired) electrons. The van der Waals surface area contributed by atoms with Crippen molar-refractivity contribution in [1.82, 2.24) is 10.3 Å². The van der Waals surface area contributed by atoms with Crippen molar-refractivity contribution in [3.05, 3.63) is 46.3 Å². The Bertz CT molecular complexity index is 1000. The summed E-state index contributed by atoms with van der Waals surface area (Å²) in [7, 11) is 0. The van der Waals surface area contributed by atoms with Gasteiger partial charge in [-0.05, 0) is 23.3 Å². The van der Waals surface area contributed by atoms with E-state index in [1.807, 2.05) is 6.07 Å². The molecule has 0 saturated heterocycles. The number of nitrogens with zero attached hydrogens (tertiary/aromatic N) is 4. The first-order valence-electron chi connectivity index (χ1n) is 7.32. The lowest BCUT2D eigenvalue weighted by atomic mass is 9.94. The van der Waals surface area contributed by atoms with Crippen LogP contribution in [0.25, 0.3) is 0 Å². The van der Waals surface area contributed by atoms with Gasteiger partial charge in [-0.25, -0.2) is 14.4 Å². The van der Waals surface area contributed by atoms with E-state index < -0.39 is 11.9 Å². The van der Waals surface area contributed by atoms with Crippen LogP contribution in [-0.4, -0.2) is 10.9 Å². The standard InChI is InChI=1S/C16H12BrFN8/c17-4-7-1-8(3-9(18)2-7)13-11-12(21)10(5-19)14(22)25-15(11)26-16(24-13)23-6-20/h1-3,13H,4H2,(H6,21,22,23,24,25,26). The number of alkyl halides is 1. The average Bonchev–Trinajstić information content (AvgIpc) is 2.60. The van der Waals surface area contributed by atoms with Gasteiger partial charge >= 0.3 is 0 Å². The summed E-state index contributed by atoms with van der Waals surface area (Å²) in [5.41, 5.74) is 13.6. The van der Waals surface area contributed by atoms with Gasteiger partial charge in [0.2, 0.25) is 5.96 Å². The minimum absolute atomic E-state index is 0.0274. The molecule has 1 aromatic carbocycles. The molecule has 1 atom stereocenters. The zero-order chi connectivity index (χ0) is 18.8. The van der Waals surface area contributed by atoms with Crippen molar-refractivity contribution in [2.24, 2.45) is 4.99 Å². The van der Waals surface area contributed by atoms with E-state index in [9.17, 15) is 9.65 Å². The molecular formula is C16H12BrFN8. The van der Waals surface area contributed by atoms with Crippen LogP contribution in [0.2, 0.25) is 0 Å². The lowest BCUT2D eigenvalue weighted by Crippen LogP contribution is -2.32. The van der Waals surface area contributed by atoms with Crippen molar-refractivity contribution in [3.63, 3.8) is 0 Å². The summed E-state index contributed by atoms with van der Waals surface area (Å²) in [4.78, 5) is 8.53. The molecule has 1 aliphatic heterocycles. The molecule has 3 rings (SSSR count). The van der Waals surface area contributed by atoms with Gasteiger partial charge in [0.05, 0.1) is 5.69 Å². The van der Waals surface area contributed by atoms with Gasteiger partial charge in [0.1, 0.15) is 35.1 Å². The molecule has 0 saturated carbocycles. The normalized spacial score (nSPS) is 15.1. The number of nitriles is 2. The van der Waals surface area contributed by atoms with Gasteiger partial charge in [-0.2, -0.15) is 10.5 Å².